The van der Waals surface area contributed by atoms with Crippen molar-refractivity contribution in [2.75, 3.05) is 5.32 Å². The van der Waals surface area contributed by atoms with Gasteiger partial charge >= 0.3 is 12.4 Å². The van der Waals surface area contributed by atoms with Gasteiger partial charge in [0.2, 0.25) is 0 Å². The van der Waals surface area contributed by atoms with Crippen molar-refractivity contribution in [1.29, 1.82) is 0 Å². The van der Waals surface area contributed by atoms with E-state index in [-0.39, 0.29) is 11.6 Å². The Morgan fingerprint density at radius 3 is 1.91 bits per heavy atom. The number of carbonyl (C=O) groups is 1. The monoisotopic (exact) mass is 339 g/mol. The predicted molar refractivity (Wildman–Crippen MR) is 68.7 cm³/mol. The van der Waals surface area contributed by atoms with Gasteiger partial charge in [-0.05, 0) is 29.6 Å². The van der Waals surface area contributed by atoms with Crippen LogP contribution >= 0.6 is 11.3 Å². The minimum atomic E-state index is -4.96. The Labute approximate surface area is 124 Å². The quantitative estimate of drug-likeness (QED) is 0.763. The normalized spacial score (nSPS) is 12.3. The zero-order valence-corrected chi connectivity index (χ0v) is 11.4. The van der Waals surface area contributed by atoms with Crippen LogP contribution in [0, 0.1) is 0 Å². The number of carbonyl (C=O) groups excluding carboxylic acids is 1. The molecule has 0 unspecified atom stereocenters. The van der Waals surface area contributed by atoms with Crippen molar-refractivity contribution in [3.63, 3.8) is 0 Å². The summed E-state index contributed by atoms with van der Waals surface area (Å²) in [5, 5.41) is 5.02. The van der Waals surface area contributed by atoms with Gasteiger partial charge in [-0.25, -0.2) is 0 Å². The highest BCUT2D eigenvalue weighted by Gasteiger charge is 2.37. The molecule has 0 bridgehead atoms. The SMILES string of the molecule is O=C(Nc1cc(C(F)(F)F)cc(C(F)(F)F)c1)c1ccsc1. The number of rotatable bonds is 2. The molecule has 1 aromatic heterocycles. The molecule has 0 aliphatic rings. The number of thiophene rings is 1. The van der Waals surface area contributed by atoms with Crippen LogP contribution in [0.5, 0.6) is 0 Å². The molecule has 0 radical (unpaired) electrons. The summed E-state index contributed by atoms with van der Waals surface area (Å²) in [6, 6.07) is 2.32. The lowest BCUT2D eigenvalue weighted by atomic mass is 10.1. The van der Waals surface area contributed by atoms with Crippen molar-refractivity contribution in [1.82, 2.24) is 0 Å². The molecule has 1 heterocycles. The summed E-state index contributed by atoms with van der Waals surface area (Å²) in [4.78, 5) is 11.7. The fourth-order valence-corrected chi connectivity index (χ4v) is 2.26. The number of hydrogen-bond acceptors (Lipinski definition) is 2. The lowest BCUT2D eigenvalue weighted by Gasteiger charge is -2.14. The minimum absolute atomic E-state index is 0.000245. The molecule has 0 saturated heterocycles. The Morgan fingerprint density at radius 2 is 1.50 bits per heavy atom. The van der Waals surface area contributed by atoms with E-state index in [4.69, 9.17) is 0 Å². The van der Waals surface area contributed by atoms with Crippen LogP contribution in [0.2, 0.25) is 0 Å². The van der Waals surface area contributed by atoms with E-state index in [0.29, 0.717) is 12.1 Å². The summed E-state index contributed by atoms with van der Waals surface area (Å²) in [7, 11) is 0. The van der Waals surface area contributed by atoms with Gasteiger partial charge in [-0.15, -0.1) is 0 Å². The molecule has 0 spiro atoms. The van der Waals surface area contributed by atoms with Crippen molar-refractivity contribution in [3.05, 3.63) is 51.7 Å². The molecule has 0 fully saturated rings. The first-order chi connectivity index (χ1) is 10.1. The van der Waals surface area contributed by atoms with Crippen LogP contribution in [0.15, 0.2) is 35.0 Å². The number of benzene rings is 1. The molecule has 22 heavy (non-hydrogen) atoms. The van der Waals surface area contributed by atoms with Crippen LogP contribution in [0.4, 0.5) is 32.0 Å². The second kappa shape index (κ2) is 5.64. The Bertz CT molecular complexity index is 643. The van der Waals surface area contributed by atoms with Crippen molar-refractivity contribution in [2.24, 2.45) is 0 Å². The highest BCUT2D eigenvalue weighted by atomic mass is 32.1. The van der Waals surface area contributed by atoms with Gasteiger partial charge in [-0.2, -0.15) is 37.7 Å². The maximum absolute atomic E-state index is 12.7. The number of amides is 1. The maximum atomic E-state index is 12.7. The van der Waals surface area contributed by atoms with E-state index in [1.54, 1.807) is 5.38 Å². The largest absolute Gasteiger partial charge is 0.416 e. The molecule has 1 aromatic carbocycles. The first-order valence-corrected chi connectivity index (χ1v) is 6.64. The van der Waals surface area contributed by atoms with Crippen LogP contribution < -0.4 is 5.32 Å². The predicted octanol–water partition coefficient (Wildman–Crippen LogP) is 5.04. The fourth-order valence-electron chi connectivity index (χ4n) is 1.62. The molecule has 1 amide bonds. The molecule has 2 nitrogen and oxygen atoms in total. The number of hydrogen-bond donors (Lipinski definition) is 1. The van der Waals surface area contributed by atoms with Gasteiger partial charge in [0.15, 0.2) is 0 Å². The highest BCUT2D eigenvalue weighted by Crippen LogP contribution is 2.37. The van der Waals surface area contributed by atoms with Crippen LogP contribution in [0.3, 0.4) is 0 Å². The van der Waals surface area contributed by atoms with Gasteiger partial charge in [0.05, 0.1) is 16.7 Å². The second-order valence-corrected chi connectivity index (χ2v) is 5.04. The zero-order chi connectivity index (χ0) is 16.5. The van der Waals surface area contributed by atoms with E-state index in [2.05, 4.69) is 0 Å². The van der Waals surface area contributed by atoms with Crippen molar-refractivity contribution in [3.8, 4) is 0 Å². The summed E-state index contributed by atoms with van der Waals surface area (Å²) < 4.78 is 76.0. The van der Waals surface area contributed by atoms with Crippen molar-refractivity contribution < 1.29 is 31.1 Å². The second-order valence-electron chi connectivity index (χ2n) is 4.26. The number of nitrogens with one attached hydrogen (secondary N) is 1. The average Bonchev–Trinajstić information content (AvgIpc) is 2.90. The van der Waals surface area contributed by atoms with E-state index in [1.807, 2.05) is 5.32 Å². The maximum Gasteiger partial charge on any atom is 0.416 e. The molecular formula is C13H7F6NOS. The summed E-state index contributed by atoms with van der Waals surface area (Å²) in [6.45, 7) is 0. The van der Waals surface area contributed by atoms with Crippen LogP contribution in [0.25, 0.3) is 0 Å². The van der Waals surface area contributed by atoms with E-state index < -0.39 is 35.1 Å². The number of anilines is 1. The Kier molecular flexibility index (Phi) is 4.19. The Hall–Kier alpha value is -2.03. The molecular weight excluding hydrogens is 332 g/mol. The zero-order valence-electron chi connectivity index (χ0n) is 10.5. The number of alkyl halides is 6. The van der Waals surface area contributed by atoms with Gasteiger partial charge < -0.3 is 5.32 Å². The average molecular weight is 339 g/mol. The molecule has 2 aromatic rings. The Morgan fingerprint density at radius 1 is 0.955 bits per heavy atom. The lowest BCUT2D eigenvalue weighted by Crippen LogP contribution is -2.15. The third kappa shape index (κ3) is 3.79. The van der Waals surface area contributed by atoms with Gasteiger partial charge in [-0.1, -0.05) is 0 Å². The number of halogens is 6. The molecule has 0 saturated carbocycles. The molecule has 0 atom stereocenters. The summed E-state index contributed by atoms with van der Waals surface area (Å²) in [6.07, 6.45) is -9.91. The molecule has 0 aliphatic carbocycles. The van der Waals surface area contributed by atoms with Crippen LogP contribution in [-0.4, -0.2) is 5.91 Å². The molecule has 1 N–H and O–H groups in total. The molecule has 0 aliphatic heterocycles. The minimum Gasteiger partial charge on any atom is -0.322 e. The van der Waals surface area contributed by atoms with Gasteiger partial charge in [-0.3, -0.25) is 4.79 Å². The molecule has 118 valence electrons. The van der Waals surface area contributed by atoms with E-state index >= 15 is 0 Å². The summed E-state index contributed by atoms with van der Waals surface area (Å²) in [5.41, 5.74) is -3.39. The van der Waals surface area contributed by atoms with Gasteiger partial charge in [0.25, 0.3) is 5.91 Å². The van der Waals surface area contributed by atoms with Crippen LogP contribution in [-0.2, 0) is 12.4 Å². The standard InChI is InChI=1S/C13H7F6NOS/c14-12(15,16)8-3-9(13(17,18)19)5-10(4-8)20-11(21)7-1-2-22-6-7/h1-6H,(H,20,21). The summed E-state index contributed by atoms with van der Waals surface area (Å²) in [5.74, 6) is -0.784. The highest BCUT2D eigenvalue weighted by molar-refractivity contribution is 7.08. The first kappa shape index (κ1) is 16.3. The van der Waals surface area contributed by atoms with E-state index in [9.17, 15) is 31.1 Å². The van der Waals surface area contributed by atoms with Crippen molar-refractivity contribution in [2.45, 2.75) is 12.4 Å². The first-order valence-electron chi connectivity index (χ1n) is 5.70. The van der Waals surface area contributed by atoms with Gasteiger partial charge in [0, 0.05) is 11.1 Å². The van der Waals surface area contributed by atoms with Crippen molar-refractivity contribution >= 4 is 22.9 Å². The molecule has 2 rings (SSSR count). The van der Waals surface area contributed by atoms with E-state index in [0.717, 1.165) is 0 Å². The fraction of sp³-hybridized carbons (Fsp3) is 0.154. The Balaban J connectivity index is 2.40. The topological polar surface area (TPSA) is 29.1 Å². The lowest BCUT2D eigenvalue weighted by molar-refractivity contribution is -0.143. The molecule has 9 heteroatoms. The van der Waals surface area contributed by atoms with Gasteiger partial charge in [0.1, 0.15) is 0 Å². The van der Waals surface area contributed by atoms with Crippen LogP contribution in [0.1, 0.15) is 21.5 Å². The third-order valence-electron chi connectivity index (χ3n) is 2.63. The summed E-state index contributed by atoms with van der Waals surface area (Å²) >= 11 is 1.17. The van der Waals surface area contributed by atoms with E-state index in [1.165, 1.54) is 22.8 Å². The third-order valence-corrected chi connectivity index (χ3v) is 3.31. The smallest absolute Gasteiger partial charge is 0.322 e.